The summed E-state index contributed by atoms with van der Waals surface area (Å²) in [5, 5.41) is 3.28. The highest BCUT2D eigenvalue weighted by Gasteiger charge is 2.13. The van der Waals surface area contributed by atoms with Gasteiger partial charge in [-0.3, -0.25) is 9.59 Å². The first-order valence-electron chi connectivity index (χ1n) is 7.49. The molecule has 0 saturated heterocycles. The number of ether oxygens (including phenoxy) is 1. The van der Waals surface area contributed by atoms with Crippen LogP contribution < -0.4 is 15.8 Å². The van der Waals surface area contributed by atoms with E-state index in [0.717, 1.165) is 0 Å². The third-order valence-corrected chi connectivity index (χ3v) is 3.56. The SMILES string of the molecule is CC(C)C(=O)c1ccc(OCC(=O)Nc2ccc(Cl)cc2)c(N)c1. The molecule has 0 unspecified atom stereocenters. The van der Waals surface area contributed by atoms with Crippen molar-refractivity contribution in [3.8, 4) is 5.75 Å². The number of nitrogen functional groups attached to an aromatic ring is 1. The van der Waals surface area contributed by atoms with Gasteiger partial charge in [-0.25, -0.2) is 0 Å². The molecule has 126 valence electrons. The molecule has 3 N–H and O–H groups in total. The number of halogens is 1. The van der Waals surface area contributed by atoms with Gasteiger partial charge in [0.05, 0.1) is 5.69 Å². The second-order valence-electron chi connectivity index (χ2n) is 5.62. The van der Waals surface area contributed by atoms with Crippen LogP contribution in [-0.2, 0) is 4.79 Å². The molecule has 0 radical (unpaired) electrons. The summed E-state index contributed by atoms with van der Waals surface area (Å²) in [6, 6.07) is 11.6. The van der Waals surface area contributed by atoms with E-state index in [-0.39, 0.29) is 24.2 Å². The van der Waals surface area contributed by atoms with E-state index in [0.29, 0.717) is 27.7 Å². The highest BCUT2D eigenvalue weighted by atomic mass is 35.5. The van der Waals surface area contributed by atoms with Crippen LogP contribution in [0.5, 0.6) is 5.75 Å². The van der Waals surface area contributed by atoms with Gasteiger partial charge in [0.2, 0.25) is 0 Å². The van der Waals surface area contributed by atoms with Crippen molar-refractivity contribution in [1.29, 1.82) is 0 Å². The molecule has 24 heavy (non-hydrogen) atoms. The molecule has 2 aromatic rings. The lowest BCUT2D eigenvalue weighted by Crippen LogP contribution is -2.20. The number of hydrogen-bond acceptors (Lipinski definition) is 4. The molecule has 0 aliphatic carbocycles. The topological polar surface area (TPSA) is 81.4 Å². The van der Waals surface area contributed by atoms with E-state index in [9.17, 15) is 9.59 Å². The third kappa shape index (κ3) is 4.73. The predicted molar refractivity (Wildman–Crippen MR) is 95.6 cm³/mol. The van der Waals surface area contributed by atoms with Gasteiger partial charge >= 0.3 is 0 Å². The van der Waals surface area contributed by atoms with Crippen LogP contribution in [-0.4, -0.2) is 18.3 Å². The van der Waals surface area contributed by atoms with Gasteiger partial charge in [-0.1, -0.05) is 25.4 Å². The Morgan fingerprint density at radius 1 is 1.17 bits per heavy atom. The Morgan fingerprint density at radius 3 is 2.42 bits per heavy atom. The number of amides is 1. The minimum Gasteiger partial charge on any atom is -0.482 e. The van der Waals surface area contributed by atoms with Gasteiger partial charge in [0, 0.05) is 22.2 Å². The number of anilines is 2. The fraction of sp³-hybridized carbons (Fsp3) is 0.222. The molecule has 2 rings (SSSR count). The van der Waals surface area contributed by atoms with Crippen LogP contribution in [0.15, 0.2) is 42.5 Å². The monoisotopic (exact) mass is 346 g/mol. The van der Waals surface area contributed by atoms with Gasteiger partial charge in [-0.15, -0.1) is 0 Å². The second kappa shape index (κ2) is 7.84. The normalized spacial score (nSPS) is 10.5. The zero-order chi connectivity index (χ0) is 17.7. The number of Topliss-reactive ketones (excluding diaryl/α,β-unsaturated/α-hetero) is 1. The highest BCUT2D eigenvalue weighted by Crippen LogP contribution is 2.24. The average molecular weight is 347 g/mol. The maximum absolute atomic E-state index is 11.9. The van der Waals surface area contributed by atoms with Crippen LogP contribution >= 0.6 is 11.6 Å². The third-order valence-electron chi connectivity index (χ3n) is 3.31. The molecular formula is C18H19ClN2O3. The smallest absolute Gasteiger partial charge is 0.262 e. The van der Waals surface area contributed by atoms with Crippen molar-refractivity contribution < 1.29 is 14.3 Å². The van der Waals surface area contributed by atoms with E-state index in [2.05, 4.69) is 5.32 Å². The lowest BCUT2D eigenvalue weighted by Gasteiger charge is -2.11. The standard InChI is InChI=1S/C18H19ClN2O3/c1-11(2)18(23)12-3-8-16(15(20)9-12)24-10-17(22)21-14-6-4-13(19)5-7-14/h3-9,11H,10,20H2,1-2H3,(H,21,22). The first kappa shape index (κ1) is 17.8. The summed E-state index contributed by atoms with van der Waals surface area (Å²) in [4.78, 5) is 23.8. The number of carbonyl (C=O) groups is 2. The van der Waals surface area contributed by atoms with Gasteiger partial charge in [-0.2, -0.15) is 0 Å². The minimum atomic E-state index is -0.320. The molecule has 0 aliphatic heterocycles. The van der Waals surface area contributed by atoms with Crippen LogP contribution in [0, 0.1) is 5.92 Å². The van der Waals surface area contributed by atoms with Crippen LogP contribution in [0.1, 0.15) is 24.2 Å². The van der Waals surface area contributed by atoms with Gasteiger partial charge < -0.3 is 15.8 Å². The Hall–Kier alpha value is -2.53. The second-order valence-corrected chi connectivity index (χ2v) is 6.05. The largest absolute Gasteiger partial charge is 0.482 e. The van der Waals surface area contributed by atoms with E-state index in [1.165, 1.54) is 0 Å². The highest BCUT2D eigenvalue weighted by molar-refractivity contribution is 6.30. The Balaban J connectivity index is 1.95. The zero-order valence-corrected chi connectivity index (χ0v) is 14.3. The number of rotatable bonds is 6. The van der Waals surface area contributed by atoms with Crippen LogP contribution in [0.4, 0.5) is 11.4 Å². The molecule has 1 amide bonds. The molecule has 6 heteroatoms. The number of nitrogens with two attached hydrogens (primary N) is 1. The number of carbonyl (C=O) groups excluding carboxylic acids is 2. The Bertz CT molecular complexity index is 742. The first-order chi connectivity index (χ1) is 11.4. The lowest BCUT2D eigenvalue weighted by molar-refractivity contribution is -0.118. The van der Waals surface area contributed by atoms with Crippen LogP contribution in [0.2, 0.25) is 5.02 Å². The molecule has 0 fully saturated rings. The molecule has 2 aromatic carbocycles. The van der Waals surface area contributed by atoms with Crippen molar-refractivity contribution in [2.45, 2.75) is 13.8 Å². The van der Waals surface area contributed by atoms with Crippen molar-refractivity contribution in [2.24, 2.45) is 5.92 Å². The van der Waals surface area contributed by atoms with E-state index in [4.69, 9.17) is 22.1 Å². The number of benzene rings is 2. The van der Waals surface area contributed by atoms with Crippen LogP contribution in [0.25, 0.3) is 0 Å². The van der Waals surface area contributed by atoms with Crippen LogP contribution in [0.3, 0.4) is 0 Å². The van der Waals surface area contributed by atoms with Gasteiger partial charge in [-0.05, 0) is 42.5 Å². The van der Waals surface area contributed by atoms with Gasteiger partial charge in [0.25, 0.3) is 5.91 Å². The van der Waals surface area contributed by atoms with Gasteiger partial charge in [0.1, 0.15) is 5.75 Å². The van der Waals surface area contributed by atoms with E-state index < -0.39 is 0 Å². The summed E-state index contributed by atoms with van der Waals surface area (Å²) in [5.41, 5.74) is 7.36. The molecular weight excluding hydrogens is 328 g/mol. The zero-order valence-electron chi connectivity index (χ0n) is 13.5. The quantitative estimate of drug-likeness (QED) is 0.616. The summed E-state index contributed by atoms with van der Waals surface area (Å²) < 4.78 is 5.42. The predicted octanol–water partition coefficient (Wildman–Crippen LogP) is 3.78. The fourth-order valence-corrected chi connectivity index (χ4v) is 2.17. The molecule has 0 saturated carbocycles. The first-order valence-corrected chi connectivity index (χ1v) is 7.86. The summed E-state index contributed by atoms with van der Waals surface area (Å²) in [5.74, 6) is -0.0596. The van der Waals surface area contributed by atoms with Crippen molar-refractivity contribution in [3.05, 3.63) is 53.1 Å². The number of nitrogens with one attached hydrogen (secondary N) is 1. The summed E-state index contributed by atoms with van der Waals surface area (Å²) in [6.07, 6.45) is 0. The Kier molecular flexibility index (Phi) is 5.82. The Morgan fingerprint density at radius 2 is 1.83 bits per heavy atom. The molecule has 5 nitrogen and oxygen atoms in total. The van der Waals surface area contributed by atoms with Crippen molar-refractivity contribution in [1.82, 2.24) is 0 Å². The van der Waals surface area contributed by atoms with E-state index >= 15 is 0 Å². The molecule has 0 spiro atoms. The summed E-state index contributed by atoms with van der Waals surface area (Å²) in [7, 11) is 0. The molecule has 0 atom stereocenters. The number of hydrogen-bond donors (Lipinski definition) is 2. The van der Waals surface area contributed by atoms with Gasteiger partial charge in [0.15, 0.2) is 12.4 Å². The number of ketones is 1. The van der Waals surface area contributed by atoms with Crippen molar-refractivity contribution in [3.63, 3.8) is 0 Å². The molecule has 0 heterocycles. The fourth-order valence-electron chi connectivity index (χ4n) is 2.04. The molecule has 0 bridgehead atoms. The van der Waals surface area contributed by atoms with E-state index in [1.54, 1.807) is 42.5 Å². The molecule has 0 aromatic heterocycles. The summed E-state index contributed by atoms with van der Waals surface area (Å²) >= 11 is 5.79. The van der Waals surface area contributed by atoms with E-state index in [1.807, 2.05) is 13.8 Å². The minimum absolute atomic E-state index is 0.00808. The average Bonchev–Trinajstić information content (AvgIpc) is 2.55. The Labute approximate surface area is 145 Å². The lowest BCUT2D eigenvalue weighted by atomic mass is 10.0. The maximum Gasteiger partial charge on any atom is 0.262 e. The summed E-state index contributed by atoms with van der Waals surface area (Å²) in [6.45, 7) is 3.46. The van der Waals surface area contributed by atoms with Crippen molar-refractivity contribution >= 4 is 34.7 Å². The van der Waals surface area contributed by atoms with Crippen molar-refractivity contribution in [2.75, 3.05) is 17.7 Å². The molecule has 0 aliphatic rings. The maximum atomic E-state index is 11.9.